The molecule has 1 aromatic rings. The van der Waals surface area contributed by atoms with E-state index in [0.717, 1.165) is 0 Å². The third-order valence-corrected chi connectivity index (χ3v) is 2.04. The third-order valence-electron chi connectivity index (χ3n) is 2.04. The molecular weight excluding hydrogens is 198 g/mol. The summed E-state index contributed by atoms with van der Waals surface area (Å²) in [7, 11) is 1.51. The van der Waals surface area contributed by atoms with Crippen LogP contribution in [0.15, 0.2) is 10.6 Å². The monoisotopic (exact) mass is 213 g/mol. The molecule has 0 fully saturated rings. The molecule has 0 bridgehead atoms. The van der Waals surface area contributed by atoms with Crippen LogP contribution in [-0.4, -0.2) is 29.9 Å². The number of aliphatic hydroxyl groups excluding tert-OH is 1. The largest absolute Gasteiger partial charge is 0.395 e. The number of hydrogen-bond acceptors (Lipinski definition) is 4. The maximum Gasteiger partial charge on any atom is 0.320 e. The summed E-state index contributed by atoms with van der Waals surface area (Å²) in [5.41, 5.74) is -0.504. The molecule has 0 atom stereocenters. The Bertz CT molecular complexity index is 346. The van der Waals surface area contributed by atoms with Gasteiger partial charge in [0.2, 0.25) is 0 Å². The zero-order chi connectivity index (χ0) is 11.5. The van der Waals surface area contributed by atoms with Crippen LogP contribution >= 0.6 is 0 Å². The van der Waals surface area contributed by atoms with Gasteiger partial charge in [0.05, 0.1) is 6.61 Å². The summed E-state index contributed by atoms with van der Waals surface area (Å²) in [6, 6.07) is 1.22. The van der Waals surface area contributed by atoms with Crippen LogP contribution < -0.4 is 10.6 Å². The highest BCUT2D eigenvalue weighted by atomic mass is 16.5. The van der Waals surface area contributed by atoms with E-state index < -0.39 is 5.41 Å². The fourth-order valence-electron chi connectivity index (χ4n) is 0.910. The molecule has 6 heteroatoms. The first-order valence-corrected chi connectivity index (χ1v) is 4.56. The summed E-state index contributed by atoms with van der Waals surface area (Å²) in [6.07, 6.45) is 0. The number of carbonyl (C=O) groups is 1. The Hall–Kier alpha value is -1.56. The van der Waals surface area contributed by atoms with Crippen LogP contribution in [0.1, 0.15) is 19.6 Å². The maximum absolute atomic E-state index is 11.0. The van der Waals surface area contributed by atoms with Crippen molar-refractivity contribution in [1.82, 2.24) is 10.5 Å². The molecule has 0 saturated heterocycles. The van der Waals surface area contributed by atoms with Crippen LogP contribution in [0, 0.1) is 0 Å². The first-order valence-electron chi connectivity index (χ1n) is 4.56. The number of carbonyl (C=O) groups excluding carboxylic acids is 1. The second-order valence-electron chi connectivity index (χ2n) is 3.82. The molecule has 0 aliphatic rings. The van der Waals surface area contributed by atoms with Gasteiger partial charge in [-0.05, 0) is 0 Å². The van der Waals surface area contributed by atoms with E-state index in [4.69, 9.17) is 9.63 Å². The van der Waals surface area contributed by atoms with Crippen molar-refractivity contribution in [2.24, 2.45) is 0 Å². The fraction of sp³-hybridized carbons (Fsp3) is 0.556. The molecule has 1 heterocycles. The number of amides is 2. The van der Waals surface area contributed by atoms with Gasteiger partial charge in [0.25, 0.3) is 0 Å². The van der Waals surface area contributed by atoms with Crippen LogP contribution in [0.3, 0.4) is 0 Å². The van der Waals surface area contributed by atoms with E-state index in [-0.39, 0.29) is 12.6 Å². The van der Waals surface area contributed by atoms with Crippen molar-refractivity contribution in [3.8, 4) is 0 Å². The summed E-state index contributed by atoms with van der Waals surface area (Å²) in [5.74, 6) is 0.849. The molecule has 0 unspecified atom stereocenters. The first kappa shape index (κ1) is 11.5. The van der Waals surface area contributed by atoms with Gasteiger partial charge in [-0.2, -0.15) is 0 Å². The molecule has 3 N–H and O–H groups in total. The van der Waals surface area contributed by atoms with E-state index in [1.54, 1.807) is 6.07 Å². The smallest absolute Gasteiger partial charge is 0.320 e. The minimum atomic E-state index is -0.504. The lowest BCUT2D eigenvalue weighted by atomic mass is 9.92. The molecule has 84 valence electrons. The molecular formula is C9H15N3O3. The zero-order valence-electron chi connectivity index (χ0n) is 9.00. The van der Waals surface area contributed by atoms with Gasteiger partial charge < -0.3 is 14.9 Å². The van der Waals surface area contributed by atoms with Crippen LogP contribution in [0.4, 0.5) is 10.6 Å². The van der Waals surface area contributed by atoms with Gasteiger partial charge in [0, 0.05) is 18.5 Å². The zero-order valence-corrected chi connectivity index (χ0v) is 9.00. The Morgan fingerprint density at radius 2 is 2.33 bits per heavy atom. The SMILES string of the molecule is CNC(=O)Nc1cc(C(C)(C)CO)on1. The number of rotatable bonds is 3. The van der Waals surface area contributed by atoms with E-state index in [1.807, 2.05) is 13.8 Å². The minimum Gasteiger partial charge on any atom is -0.395 e. The Morgan fingerprint density at radius 1 is 1.67 bits per heavy atom. The van der Waals surface area contributed by atoms with Crippen molar-refractivity contribution < 1.29 is 14.4 Å². The van der Waals surface area contributed by atoms with Gasteiger partial charge in [-0.25, -0.2) is 4.79 Å². The van der Waals surface area contributed by atoms with Crippen molar-refractivity contribution in [3.63, 3.8) is 0 Å². The van der Waals surface area contributed by atoms with Crippen molar-refractivity contribution in [3.05, 3.63) is 11.8 Å². The summed E-state index contributed by atoms with van der Waals surface area (Å²) < 4.78 is 5.01. The molecule has 0 spiro atoms. The van der Waals surface area contributed by atoms with Gasteiger partial charge >= 0.3 is 6.03 Å². The lowest BCUT2D eigenvalue weighted by Crippen LogP contribution is -2.24. The number of urea groups is 1. The highest BCUT2D eigenvalue weighted by Crippen LogP contribution is 2.24. The number of aromatic nitrogens is 1. The van der Waals surface area contributed by atoms with E-state index >= 15 is 0 Å². The topological polar surface area (TPSA) is 87.4 Å². The second kappa shape index (κ2) is 4.31. The quantitative estimate of drug-likeness (QED) is 0.689. The highest BCUT2D eigenvalue weighted by molar-refractivity contribution is 5.87. The van der Waals surface area contributed by atoms with Gasteiger partial charge in [-0.1, -0.05) is 19.0 Å². The van der Waals surface area contributed by atoms with E-state index in [2.05, 4.69) is 15.8 Å². The second-order valence-corrected chi connectivity index (χ2v) is 3.82. The van der Waals surface area contributed by atoms with Gasteiger partial charge in [-0.15, -0.1) is 0 Å². The van der Waals surface area contributed by atoms with E-state index in [0.29, 0.717) is 11.6 Å². The molecule has 2 amide bonds. The normalized spacial score (nSPS) is 11.2. The molecule has 0 aliphatic heterocycles. The van der Waals surface area contributed by atoms with Gasteiger partial charge in [-0.3, -0.25) is 5.32 Å². The van der Waals surface area contributed by atoms with Crippen molar-refractivity contribution in [2.45, 2.75) is 19.3 Å². The highest BCUT2D eigenvalue weighted by Gasteiger charge is 2.25. The number of anilines is 1. The fourth-order valence-corrected chi connectivity index (χ4v) is 0.910. The van der Waals surface area contributed by atoms with E-state index in [9.17, 15) is 4.79 Å². The predicted molar refractivity (Wildman–Crippen MR) is 54.7 cm³/mol. The van der Waals surface area contributed by atoms with Crippen molar-refractivity contribution >= 4 is 11.8 Å². The minimum absolute atomic E-state index is 0.0540. The Kier molecular flexibility index (Phi) is 3.31. The van der Waals surface area contributed by atoms with Crippen LogP contribution in [0.5, 0.6) is 0 Å². The lowest BCUT2D eigenvalue weighted by Gasteiger charge is -2.16. The summed E-state index contributed by atoms with van der Waals surface area (Å²) in [4.78, 5) is 11.0. The van der Waals surface area contributed by atoms with Gasteiger partial charge in [0.15, 0.2) is 5.82 Å². The first-order chi connectivity index (χ1) is 6.99. The molecule has 15 heavy (non-hydrogen) atoms. The average molecular weight is 213 g/mol. The molecule has 0 saturated carbocycles. The van der Waals surface area contributed by atoms with Gasteiger partial charge in [0.1, 0.15) is 5.76 Å². The maximum atomic E-state index is 11.0. The molecule has 1 rings (SSSR count). The summed E-state index contributed by atoms with van der Waals surface area (Å²) in [6.45, 7) is 3.58. The standard InChI is InChI=1S/C9H15N3O3/c1-9(2,5-13)6-4-7(12-15-6)11-8(14)10-3/h4,13H,5H2,1-3H3,(H2,10,11,12,14). The third kappa shape index (κ3) is 2.69. The summed E-state index contributed by atoms with van der Waals surface area (Å²) in [5, 5.41) is 17.6. The van der Waals surface area contributed by atoms with Crippen LogP contribution in [-0.2, 0) is 5.41 Å². The summed E-state index contributed by atoms with van der Waals surface area (Å²) >= 11 is 0. The molecule has 0 radical (unpaired) electrons. The van der Waals surface area contributed by atoms with E-state index in [1.165, 1.54) is 7.05 Å². The van der Waals surface area contributed by atoms with Crippen molar-refractivity contribution in [2.75, 3.05) is 19.0 Å². The van der Waals surface area contributed by atoms with Crippen LogP contribution in [0.25, 0.3) is 0 Å². The predicted octanol–water partition coefficient (Wildman–Crippen LogP) is 0.696. The number of nitrogens with one attached hydrogen (secondary N) is 2. The molecule has 0 aliphatic carbocycles. The molecule has 6 nitrogen and oxygen atoms in total. The van der Waals surface area contributed by atoms with Crippen LogP contribution in [0.2, 0.25) is 0 Å². The average Bonchev–Trinajstić information content (AvgIpc) is 2.66. The number of hydrogen-bond donors (Lipinski definition) is 3. The Labute approximate surface area is 87.6 Å². The Balaban J connectivity index is 2.76. The van der Waals surface area contributed by atoms with Crippen molar-refractivity contribution in [1.29, 1.82) is 0 Å². The molecule has 0 aromatic carbocycles. The molecule has 1 aromatic heterocycles. The number of aliphatic hydroxyl groups is 1. The number of nitrogens with zero attached hydrogens (tertiary/aromatic N) is 1. The lowest BCUT2D eigenvalue weighted by molar-refractivity contribution is 0.187. The Morgan fingerprint density at radius 3 is 2.87 bits per heavy atom.